The number of hydrogen-bond donors (Lipinski definition) is 1. The summed E-state index contributed by atoms with van der Waals surface area (Å²) in [4.78, 5) is 15.8. The van der Waals surface area contributed by atoms with E-state index in [2.05, 4.69) is 16.3 Å². The molecule has 1 aliphatic heterocycles. The van der Waals surface area contributed by atoms with E-state index in [0.717, 1.165) is 59.8 Å². The molecule has 4 nitrogen and oxygen atoms in total. The number of benzene rings is 2. The Kier molecular flexibility index (Phi) is 7.38. The lowest BCUT2D eigenvalue weighted by atomic mass is 10.1. The van der Waals surface area contributed by atoms with E-state index in [1.807, 2.05) is 42.5 Å². The van der Waals surface area contributed by atoms with E-state index in [4.69, 9.17) is 16.3 Å². The Hall–Kier alpha value is -1.53. The Morgan fingerprint density at radius 1 is 1.12 bits per heavy atom. The van der Waals surface area contributed by atoms with Crippen molar-refractivity contribution in [2.24, 2.45) is 0 Å². The van der Waals surface area contributed by atoms with Crippen molar-refractivity contribution in [2.45, 2.75) is 17.9 Å². The molecule has 2 aromatic carbocycles. The van der Waals surface area contributed by atoms with Crippen LogP contribution in [0.4, 0.5) is 5.69 Å². The van der Waals surface area contributed by atoms with Crippen LogP contribution < -0.4 is 5.32 Å². The van der Waals surface area contributed by atoms with E-state index in [1.54, 1.807) is 11.8 Å². The molecule has 0 unspecified atom stereocenters. The molecule has 6 heteroatoms. The number of morpholine rings is 1. The molecule has 0 radical (unpaired) electrons. The standard InChI is InChI=1S/C20H23ClN2O2S/c21-17-5-7-18(8-6-17)26-14-9-20(24)22-19-4-2-1-3-16(19)15-23-10-12-25-13-11-23/h1-8H,9-15H2,(H,22,24). The second kappa shape index (κ2) is 9.97. The highest BCUT2D eigenvalue weighted by Crippen LogP contribution is 2.22. The molecule has 1 heterocycles. The first kappa shape index (κ1) is 19.2. The molecule has 1 aliphatic rings. The van der Waals surface area contributed by atoms with Crippen molar-refractivity contribution in [3.05, 3.63) is 59.1 Å². The number of anilines is 1. The fourth-order valence-corrected chi connectivity index (χ4v) is 3.76. The number of thioether (sulfide) groups is 1. The third kappa shape index (κ3) is 6.02. The Balaban J connectivity index is 1.49. The fourth-order valence-electron chi connectivity index (χ4n) is 2.79. The van der Waals surface area contributed by atoms with E-state index < -0.39 is 0 Å². The summed E-state index contributed by atoms with van der Waals surface area (Å²) in [7, 11) is 0. The number of para-hydroxylation sites is 1. The van der Waals surface area contributed by atoms with Crippen LogP contribution in [0.5, 0.6) is 0 Å². The molecule has 1 saturated heterocycles. The van der Waals surface area contributed by atoms with Gasteiger partial charge in [-0.05, 0) is 35.9 Å². The SMILES string of the molecule is O=C(CCSc1ccc(Cl)cc1)Nc1ccccc1CN1CCOCC1. The van der Waals surface area contributed by atoms with E-state index in [-0.39, 0.29) is 5.91 Å². The summed E-state index contributed by atoms with van der Waals surface area (Å²) in [6.07, 6.45) is 0.471. The first-order valence-electron chi connectivity index (χ1n) is 8.77. The van der Waals surface area contributed by atoms with E-state index >= 15 is 0 Å². The number of nitrogens with zero attached hydrogens (tertiary/aromatic N) is 1. The van der Waals surface area contributed by atoms with E-state index in [0.29, 0.717) is 6.42 Å². The van der Waals surface area contributed by atoms with E-state index in [9.17, 15) is 4.79 Å². The van der Waals surface area contributed by atoms with Gasteiger partial charge in [-0.15, -0.1) is 11.8 Å². The highest BCUT2D eigenvalue weighted by molar-refractivity contribution is 7.99. The van der Waals surface area contributed by atoms with Crippen LogP contribution >= 0.6 is 23.4 Å². The molecule has 3 rings (SSSR count). The molecule has 0 aromatic heterocycles. The second-order valence-corrected chi connectivity index (χ2v) is 7.75. The molecule has 0 aliphatic carbocycles. The first-order valence-corrected chi connectivity index (χ1v) is 10.1. The lowest BCUT2D eigenvalue weighted by Gasteiger charge is -2.27. The van der Waals surface area contributed by atoms with Crippen LogP contribution in [0.2, 0.25) is 5.02 Å². The molecular weight excluding hydrogens is 368 g/mol. The molecule has 1 N–H and O–H groups in total. The minimum atomic E-state index is 0.0425. The van der Waals surface area contributed by atoms with Crippen molar-refractivity contribution in [3.8, 4) is 0 Å². The second-order valence-electron chi connectivity index (χ2n) is 6.15. The number of ether oxygens (including phenoxy) is 1. The Labute approximate surface area is 163 Å². The molecule has 0 bridgehead atoms. The van der Waals surface area contributed by atoms with Crippen molar-refractivity contribution in [3.63, 3.8) is 0 Å². The molecule has 26 heavy (non-hydrogen) atoms. The summed E-state index contributed by atoms with van der Waals surface area (Å²) >= 11 is 7.55. The van der Waals surface area contributed by atoms with Gasteiger partial charge in [0.15, 0.2) is 0 Å². The number of rotatable bonds is 7. The lowest BCUT2D eigenvalue weighted by molar-refractivity contribution is -0.115. The minimum Gasteiger partial charge on any atom is -0.379 e. The molecule has 1 fully saturated rings. The van der Waals surface area contributed by atoms with Crippen LogP contribution in [0.3, 0.4) is 0 Å². The number of hydrogen-bond acceptors (Lipinski definition) is 4. The fraction of sp³-hybridized carbons (Fsp3) is 0.350. The summed E-state index contributed by atoms with van der Waals surface area (Å²) < 4.78 is 5.40. The zero-order valence-electron chi connectivity index (χ0n) is 14.6. The van der Waals surface area contributed by atoms with Gasteiger partial charge < -0.3 is 10.1 Å². The van der Waals surface area contributed by atoms with Crippen LogP contribution in [-0.4, -0.2) is 42.9 Å². The Bertz CT molecular complexity index is 718. The van der Waals surface area contributed by atoms with Crippen molar-refractivity contribution >= 4 is 35.0 Å². The third-order valence-corrected chi connectivity index (χ3v) is 5.47. The van der Waals surface area contributed by atoms with Crippen molar-refractivity contribution in [2.75, 3.05) is 37.4 Å². The maximum Gasteiger partial charge on any atom is 0.225 e. The van der Waals surface area contributed by atoms with Crippen molar-refractivity contribution in [1.82, 2.24) is 4.90 Å². The maximum absolute atomic E-state index is 12.3. The largest absolute Gasteiger partial charge is 0.379 e. The molecule has 0 saturated carbocycles. The average Bonchev–Trinajstić information content (AvgIpc) is 2.66. The van der Waals surface area contributed by atoms with Crippen LogP contribution in [0.25, 0.3) is 0 Å². The van der Waals surface area contributed by atoms with Gasteiger partial charge in [-0.1, -0.05) is 29.8 Å². The number of amides is 1. The van der Waals surface area contributed by atoms with Crippen molar-refractivity contribution < 1.29 is 9.53 Å². The van der Waals surface area contributed by atoms with Gasteiger partial charge in [-0.25, -0.2) is 0 Å². The van der Waals surface area contributed by atoms with E-state index in [1.165, 1.54) is 0 Å². The molecular formula is C20H23ClN2O2S. The average molecular weight is 391 g/mol. The maximum atomic E-state index is 12.3. The van der Waals surface area contributed by atoms with Crippen LogP contribution in [0, 0.1) is 0 Å². The predicted molar refractivity (Wildman–Crippen MR) is 108 cm³/mol. The summed E-state index contributed by atoms with van der Waals surface area (Å²) in [5.74, 6) is 0.778. The molecule has 2 aromatic rings. The monoisotopic (exact) mass is 390 g/mol. The Morgan fingerprint density at radius 3 is 2.62 bits per heavy atom. The quantitative estimate of drug-likeness (QED) is 0.716. The smallest absolute Gasteiger partial charge is 0.225 e. The van der Waals surface area contributed by atoms with Gasteiger partial charge in [0.25, 0.3) is 0 Å². The number of carbonyl (C=O) groups excluding carboxylic acids is 1. The normalized spacial score (nSPS) is 15.0. The predicted octanol–water partition coefficient (Wildman–Crippen LogP) is 4.29. The number of nitrogens with one attached hydrogen (secondary N) is 1. The van der Waals surface area contributed by atoms with Crippen LogP contribution in [-0.2, 0) is 16.1 Å². The highest BCUT2D eigenvalue weighted by atomic mass is 35.5. The number of halogens is 1. The summed E-state index contributed by atoms with van der Waals surface area (Å²) in [6, 6.07) is 15.7. The van der Waals surface area contributed by atoms with Gasteiger partial charge in [0.05, 0.1) is 13.2 Å². The lowest BCUT2D eigenvalue weighted by Crippen LogP contribution is -2.35. The molecule has 138 valence electrons. The minimum absolute atomic E-state index is 0.0425. The van der Waals surface area contributed by atoms with Gasteiger partial charge in [0, 0.05) is 47.4 Å². The van der Waals surface area contributed by atoms with Gasteiger partial charge in [0.1, 0.15) is 0 Å². The first-order chi connectivity index (χ1) is 12.7. The summed E-state index contributed by atoms with van der Waals surface area (Å²) in [6.45, 7) is 4.24. The van der Waals surface area contributed by atoms with Crippen LogP contribution in [0.15, 0.2) is 53.4 Å². The van der Waals surface area contributed by atoms with Gasteiger partial charge >= 0.3 is 0 Å². The number of carbonyl (C=O) groups is 1. The zero-order valence-corrected chi connectivity index (χ0v) is 16.2. The highest BCUT2D eigenvalue weighted by Gasteiger charge is 2.13. The third-order valence-electron chi connectivity index (χ3n) is 4.20. The molecule has 0 spiro atoms. The Morgan fingerprint density at radius 2 is 1.85 bits per heavy atom. The summed E-state index contributed by atoms with van der Waals surface area (Å²) in [5.41, 5.74) is 2.05. The molecule has 1 amide bonds. The van der Waals surface area contributed by atoms with Crippen molar-refractivity contribution in [1.29, 1.82) is 0 Å². The summed E-state index contributed by atoms with van der Waals surface area (Å²) in [5, 5.41) is 3.79. The van der Waals surface area contributed by atoms with Gasteiger partial charge in [-0.3, -0.25) is 9.69 Å². The zero-order chi connectivity index (χ0) is 18.2. The van der Waals surface area contributed by atoms with Gasteiger partial charge in [0.2, 0.25) is 5.91 Å². The van der Waals surface area contributed by atoms with Crippen LogP contribution in [0.1, 0.15) is 12.0 Å². The van der Waals surface area contributed by atoms with Gasteiger partial charge in [-0.2, -0.15) is 0 Å². The topological polar surface area (TPSA) is 41.6 Å². The molecule has 0 atom stereocenters.